The quantitative estimate of drug-likeness (QED) is 0.301. The van der Waals surface area contributed by atoms with E-state index in [0.29, 0.717) is 72.8 Å². The van der Waals surface area contributed by atoms with Crippen molar-refractivity contribution in [3.05, 3.63) is 76.3 Å². The summed E-state index contributed by atoms with van der Waals surface area (Å²) < 4.78 is 65.5. The van der Waals surface area contributed by atoms with E-state index in [1.807, 2.05) is 6.92 Å². The molecule has 43 heavy (non-hydrogen) atoms. The average molecular weight is 599 g/mol. The van der Waals surface area contributed by atoms with E-state index in [-0.39, 0.29) is 25.6 Å². The maximum atomic E-state index is 14.1. The van der Waals surface area contributed by atoms with Crippen molar-refractivity contribution >= 4 is 5.97 Å². The van der Waals surface area contributed by atoms with Crippen LogP contribution in [0.5, 0.6) is 17.2 Å². The van der Waals surface area contributed by atoms with Gasteiger partial charge in [0, 0.05) is 43.6 Å². The molecule has 0 spiro atoms. The first kappa shape index (κ1) is 29.3. The fourth-order valence-electron chi connectivity index (χ4n) is 6.23. The smallest absolute Gasteiger partial charge is 0.416 e. The zero-order chi connectivity index (χ0) is 30.4. The van der Waals surface area contributed by atoms with E-state index in [1.54, 1.807) is 36.4 Å². The van der Waals surface area contributed by atoms with E-state index < -0.39 is 29.4 Å². The maximum Gasteiger partial charge on any atom is 0.416 e. The van der Waals surface area contributed by atoms with Crippen LogP contribution in [0.1, 0.15) is 65.5 Å². The molecule has 228 valence electrons. The molecule has 1 unspecified atom stereocenters. The third-order valence-corrected chi connectivity index (χ3v) is 8.60. The Morgan fingerprint density at radius 3 is 2.51 bits per heavy atom. The lowest BCUT2D eigenvalue weighted by atomic mass is 9.91. The molecule has 10 heteroatoms. The van der Waals surface area contributed by atoms with Crippen LogP contribution in [0.2, 0.25) is 0 Å². The highest BCUT2D eigenvalue weighted by molar-refractivity contribution is 5.74. The highest BCUT2D eigenvalue weighted by Gasteiger charge is 2.37. The number of aryl methyl sites for hydroxylation is 1. The molecule has 2 heterocycles. The van der Waals surface area contributed by atoms with Crippen LogP contribution in [0.15, 0.2) is 48.5 Å². The van der Waals surface area contributed by atoms with Crippen molar-refractivity contribution in [3.63, 3.8) is 0 Å². The van der Waals surface area contributed by atoms with Gasteiger partial charge < -0.3 is 29.2 Å². The van der Waals surface area contributed by atoms with Gasteiger partial charge >= 0.3 is 12.1 Å². The molecule has 1 saturated heterocycles. The van der Waals surface area contributed by atoms with Crippen LogP contribution >= 0.6 is 0 Å². The van der Waals surface area contributed by atoms with Crippen LogP contribution in [-0.4, -0.2) is 48.2 Å². The van der Waals surface area contributed by atoms with Gasteiger partial charge in [-0.1, -0.05) is 12.1 Å². The number of carboxylic acid groups (broad SMARTS) is 1. The Morgan fingerprint density at radius 1 is 1.02 bits per heavy atom. The summed E-state index contributed by atoms with van der Waals surface area (Å²) >= 11 is 0. The van der Waals surface area contributed by atoms with Gasteiger partial charge in [0.25, 0.3) is 0 Å². The summed E-state index contributed by atoms with van der Waals surface area (Å²) in [5.74, 6) is 0.364. The molecule has 0 radical (unpaired) electrons. The van der Waals surface area contributed by atoms with E-state index in [9.17, 15) is 23.1 Å². The largest absolute Gasteiger partial charge is 0.492 e. The van der Waals surface area contributed by atoms with Crippen LogP contribution in [0.4, 0.5) is 13.2 Å². The third-order valence-electron chi connectivity index (χ3n) is 8.60. The number of fused-ring (bicyclic) bond motifs is 2. The molecule has 6 rings (SSSR count). The Hall–Kier alpha value is -3.76. The zero-order valence-electron chi connectivity index (χ0n) is 23.7. The molecule has 3 aromatic rings. The number of rotatable bonds is 8. The molecule has 2 N–H and O–H groups in total. The number of carbonyl (C=O) groups is 1. The summed E-state index contributed by atoms with van der Waals surface area (Å²) in [6.45, 7) is 3.15. The second kappa shape index (κ2) is 11.4. The van der Waals surface area contributed by atoms with Crippen LogP contribution in [0, 0.1) is 6.92 Å². The highest BCUT2D eigenvalue weighted by Crippen LogP contribution is 2.46. The van der Waals surface area contributed by atoms with E-state index in [0.717, 1.165) is 16.7 Å². The molecule has 1 fully saturated rings. The van der Waals surface area contributed by atoms with Crippen molar-refractivity contribution in [2.24, 2.45) is 0 Å². The topological polar surface area (TPSA) is 94.5 Å². The summed E-state index contributed by atoms with van der Waals surface area (Å²) in [5.41, 5.74) is 2.33. The Bertz CT molecular complexity index is 1530. The van der Waals surface area contributed by atoms with E-state index in [4.69, 9.17) is 24.1 Å². The van der Waals surface area contributed by atoms with Gasteiger partial charge in [-0.25, -0.2) is 0 Å². The van der Waals surface area contributed by atoms with Gasteiger partial charge in [0.1, 0.15) is 35.6 Å². The minimum absolute atomic E-state index is 0.0453. The number of hydrogen-bond donors (Lipinski definition) is 2. The molecule has 3 aliphatic rings. The van der Waals surface area contributed by atoms with Crippen molar-refractivity contribution in [1.82, 2.24) is 0 Å². The van der Waals surface area contributed by atoms with Crippen molar-refractivity contribution in [2.45, 2.75) is 62.8 Å². The van der Waals surface area contributed by atoms with E-state index >= 15 is 0 Å². The van der Waals surface area contributed by atoms with Crippen LogP contribution < -0.4 is 14.2 Å². The zero-order valence-corrected chi connectivity index (χ0v) is 23.7. The Kier molecular flexibility index (Phi) is 7.76. The summed E-state index contributed by atoms with van der Waals surface area (Å²) in [7, 11) is 0. The van der Waals surface area contributed by atoms with Crippen molar-refractivity contribution in [1.29, 1.82) is 0 Å². The normalized spacial score (nSPS) is 20.7. The number of halogens is 3. The van der Waals surface area contributed by atoms with Gasteiger partial charge in [0.15, 0.2) is 0 Å². The molecule has 0 aromatic heterocycles. The number of carboxylic acids is 1. The summed E-state index contributed by atoms with van der Waals surface area (Å²) in [5, 5.41) is 19.9. The number of aliphatic hydroxyl groups is 1. The maximum absolute atomic E-state index is 14.1. The first-order valence-corrected chi connectivity index (χ1v) is 14.4. The summed E-state index contributed by atoms with van der Waals surface area (Å²) in [6, 6.07) is 12.8. The van der Waals surface area contributed by atoms with Crippen molar-refractivity contribution in [3.8, 4) is 28.4 Å². The predicted molar refractivity (Wildman–Crippen MR) is 151 cm³/mol. The standard InChI is InChI=1S/C33H33F3O7/c1-19-12-22(42-18-32(39)8-10-40-11-9-32)2-4-24(19)27-14-21(33(34,35)36)15-28-26(27)6-7-29(28)43-23-3-5-25-20(13-31(37)38)17-41-30(25)16-23/h2-5,12,14-16,20,29,39H,6-11,13,17-18H2,1H3,(H,37,38)/t20-,29?/m1/s1. The molecular formula is C33H33F3O7. The SMILES string of the molecule is Cc1cc(OCC2(O)CCOCC2)ccc1-c1cc(C(F)(F)F)cc2c1CCC2Oc1ccc2c(c1)OC[C@H]2CC(=O)O. The minimum atomic E-state index is -4.55. The van der Waals surface area contributed by atoms with Gasteiger partial charge in [-0.15, -0.1) is 0 Å². The van der Waals surface area contributed by atoms with Crippen molar-refractivity contribution < 1.29 is 47.1 Å². The van der Waals surface area contributed by atoms with Crippen LogP contribution in [-0.2, 0) is 22.1 Å². The van der Waals surface area contributed by atoms with Crippen LogP contribution in [0.3, 0.4) is 0 Å². The molecular weight excluding hydrogens is 565 g/mol. The molecule has 2 aliphatic heterocycles. The lowest BCUT2D eigenvalue weighted by molar-refractivity contribution is -0.138. The summed E-state index contributed by atoms with van der Waals surface area (Å²) in [4.78, 5) is 11.2. The Balaban J connectivity index is 1.26. The van der Waals surface area contributed by atoms with Crippen molar-refractivity contribution in [2.75, 3.05) is 26.4 Å². The highest BCUT2D eigenvalue weighted by atomic mass is 19.4. The number of benzene rings is 3. The fraction of sp³-hybridized carbons (Fsp3) is 0.424. The average Bonchev–Trinajstić information content (AvgIpc) is 3.55. The molecule has 0 saturated carbocycles. The lowest BCUT2D eigenvalue weighted by Gasteiger charge is -2.31. The third kappa shape index (κ3) is 6.17. The number of hydrogen-bond acceptors (Lipinski definition) is 6. The summed E-state index contributed by atoms with van der Waals surface area (Å²) in [6.07, 6.45) is -3.17. The van der Waals surface area contributed by atoms with Gasteiger partial charge in [-0.05, 0) is 77.9 Å². The number of ether oxygens (including phenoxy) is 4. The Morgan fingerprint density at radius 2 is 1.79 bits per heavy atom. The first-order chi connectivity index (χ1) is 20.5. The second-order valence-corrected chi connectivity index (χ2v) is 11.6. The number of alkyl halides is 3. The minimum Gasteiger partial charge on any atom is -0.492 e. The van der Waals surface area contributed by atoms with Gasteiger partial charge in [0.2, 0.25) is 0 Å². The number of aliphatic carboxylic acids is 1. The van der Waals surface area contributed by atoms with Crippen LogP contribution in [0.25, 0.3) is 11.1 Å². The Labute approximate surface area is 247 Å². The van der Waals surface area contributed by atoms with E-state index in [2.05, 4.69) is 0 Å². The molecule has 2 atom stereocenters. The monoisotopic (exact) mass is 598 g/mol. The predicted octanol–water partition coefficient (Wildman–Crippen LogP) is 6.62. The van der Waals surface area contributed by atoms with Gasteiger partial charge in [0.05, 0.1) is 18.6 Å². The van der Waals surface area contributed by atoms with E-state index in [1.165, 1.54) is 12.1 Å². The van der Waals surface area contributed by atoms with Gasteiger partial charge in [-0.3, -0.25) is 4.79 Å². The molecule has 3 aromatic carbocycles. The fourth-order valence-corrected chi connectivity index (χ4v) is 6.23. The lowest BCUT2D eigenvalue weighted by Crippen LogP contribution is -2.41. The second-order valence-electron chi connectivity index (χ2n) is 11.6. The molecule has 1 aliphatic carbocycles. The molecule has 0 bridgehead atoms. The van der Waals surface area contributed by atoms with Gasteiger partial charge in [-0.2, -0.15) is 13.2 Å². The first-order valence-electron chi connectivity index (χ1n) is 14.4. The molecule has 7 nitrogen and oxygen atoms in total. The molecule has 0 amide bonds.